The number of imide groups is 1. The molecule has 0 bridgehead atoms. The highest BCUT2D eigenvalue weighted by atomic mass is 32.2. The number of thioether (sulfide) groups is 1. The Morgan fingerprint density at radius 3 is 1.11 bits per heavy atom. The van der Waals surface area contributed by atoms with E-state index in [9.17, 15) is 52.7 Å². The van der Waals surface area contributed by atoms with Crippen LogP contribution < -0.4 is 0 Å². The SMILES string of the molecule is CCCCCCCCCCCCCCCCCCSCCO[C@H]1O[C@H](COC(C)=O)[C@@H](O[C@@H]2O[C@H](COC(C)=O)[C@H](O[C@@H]3O[C@H](COC(C)=O)[C@H](OC(C)=O)[C@H](OC(C)=O)[C@H]3OC(C)=O)[C@H](OC(C)=O)[C@H]2OC(C)=O)[C@H](OC(C)=O)[C@@H]1N1C(=O)c2ccccc2C1=O. The van der Waals surface area contributed by atoms with E-state index in [0.29, 0.717) is 5.75 Å². The van der Waals surface area contributed by atoms with E-state index < -0.39 is 177 Å². The van der Waals surface area contributed by atoms with E-state index in [4.69, 9.17) is 71.1 Å². The summed E-state index contributed by atoms with van der Waals surface area (Å²) in [6.45, 7) is 9.20. The number of hydrogen-bond acceptors (Lipinski definition) is 27. The summed E-state index contributed by atoms with van der Waals surface area (Å²) in [5.41, 5.74) is -0.00470. The monoisotopic (exact) mass is 1320 g/mol. The molecule has 516 valence electrons. The minimum Gasteiger partial charge on any atom is -0.463 e. The van der Waals surface area contributed by atoms with Crippen LogP contribution in [0.3, 0.4) is 0 Å². The molecule has 4 aliphatic rings. The van der Waals surface area contributed by atoms with E-state index >= 15 is 0 Å². The molecule has 0 N–H and O–H groups in total. The molecule has 0 radical (unpaired) electrons. The average Bonchev–Trinajstić information content (AvgIpc) is 1.40. The van der Waals surface area contributed by atoms with E-state index in [1.165, 1.54) is 95.6 Å². The molecular formula is C64H93NO26S. The van der Waals surface area contributed by atoms with Gasteiger partial charge in [-0.2, -0.15) is 11.8 Å². The van der Waals surface area contributed by atoms with Crippen LogP contribution in [0, 0.1) is 0 Å². The predicted molar refractivity (Wildman–Crippen MR) is 323 cm³/mol. The van der Waals surface area contributed by atoms with Crippen molar-refractivity contribution in [2.75, 3.05) is 37.9 Å². The van der Waals surface area contributed by atoms with Gasteiger partial charge in [-0.15, -0.1) is 0 Å². The lowest BCUT2D eigenvalue weighted by Gasteiger charge is -2.51. The van der Waals surface area contributed by atoms with Gasteiger partial charge in [0.05, 0.1) is 17.7 Å². The number of carbonyl (C=O) groups is 11. The van der Waals surface area contributed by atoms with Gasteiger partial charge in [0.15, 0.2) is 55.5 Å². The minimum atomic E-state index is -2.08. The Kier molecular flexibility index (Phi) is 32.7. The normalized spacial score (nSPS) is 26.8. The molecule has 0 aliphatic carbocycles. The molecule has 5 rings (SSSR count). The third-order valence-electron chi connectivity index (χ3n) is 15.3. The third kappa shape index (κ3) is 24.2. The van der Waals surface area contributed by atoms with E-state index in [-0.39, 0.29) is 17.7 Å². The summed E-state index contributed by atoms with van der Waals surface area (Å²) in [7, 11) is 0. The second kappa shape index (κ2) is 39.4. The van der Waals surface area contributed by atoms with Crippen molar-refractivity contribution in [2.24, 2.45) is 0 Å². The highest BCUT2D eigenvalue weighted by molar-refractivity contribution is 7.99. The molecule has 27 nitrogen and oxygen atoms in total. The van der Waals surface area contributed by atoms with Crippen LogP contribution in [-0.2, 0) is 114 Å². The Balaban J connectivity index is 1.47. The Bertz CT molecular complexity index is 2580. The van der Waals surface area contributed by atoms with Gasteiger partial charge in [0.2, 0.25) is 0 Å². The lowest BCUT2D eigenvalue weighted by Crippen LogP contribution is -2.70. The van der Waals surface area contributed by atoms with Crippen LogP contribution >= 0.6 is 11.8 Å². The Hall–Kier alpha value is -6.30. The summed E-state index contributed by atoms with van der Waals surface area (Å²) in [5.74, 6) is -9.01. The van der Waals surface area contributed by atoms with E-state index in [0.717, 1.165) is 92.2 Å². The van der Waals surface area contributed by atoms with Crippen molar-refractivity contribution >= 4 is 77.3 Å². The second-order valence-corrected chi connectivity index (χ2v) is 24.2. The molecule has 0 unspecified atom stereocenters. The quantitative estimate of drug-likeness (QED) is 0.0281. The van der Waals surface area contributed by atoms with Crippen LogP contribution in [0.1, 0.15) is 193 Å². The average molecular weight is 1320 g/mol. The molecule has 1 aromatic rings. The lowest BCUT2D eigenvalue weighted by atomic mass is 9.93. The zero-order valence-corrected chi connectivity index (χ0v) is 55.3. The smallest absolute Gasteiger partial charge is 0.303 e. The summed E-state index contributed by atoms with van der Waals surface area (Å²) in [4.78, 5) is 146. The lowest BCUT2D eigenvalue weighted by molar-refractivity contribution is -0.376. The first-order chi connectivity index (χ1) is 43.9. The number of hydrogen-bond donors (Lipinski definition) is 0. The van der Waals surface area contributed by atoms with E-state index in [1.807, 2.05) is 0 Å². The molecule has 3 saturated heterocycles. The summed E-state index contributed by atoms with van der Waals surface area (Å²) in [6.07, 6.45) is -5.56. The number of unbranched alkanes of at least 4 members (excludes halogenated alkanes) is 15. The largest absolute Gasteiger partial charge is 0.463 e. The number of esters is 9. The van der Waals surface area contributed by atoms with Crippen molar-refractivity contribution in [3.63, 3.8) is 0 Å². The first-order valence-electron chi connectivity index (χ1n) is 31.8. The fourth-order valence-corrected chi connectivity index (χ4v) is 12.2. The van der Waals surface area contributed by atoms with Gasteiger partial charge in [0, 0.05) is 68.1 Å². The second-order valence-electron chi connectivity index (χ2n) is 23.0. The predicted octanol–water partition coefficient (Wildman–Crippen LogP) is 6.89. The first-order valence-corrected chi connectivity index (χ1v) is 32.9. The molecule has 4 aliphatic heterocycles. The molecule has 2 amide bonds. The van der Waals surface area contributed by atoms with Gasteiger partial charge in [-0.1, -0.05) is 115 Å². The van der Waals surface area contributed by atoms with Crippen molar-refractivity contribution in [3.8, 4) is 0 Å². The van der Waals surface area contributed by atoms with Crippen molar-refractivity contribution in [2.45, 2.75) is 264 Å². The van der Waals surface area contributed by atoms with E-state index in [2.05, 4.69) is 6.92 Å². The Morgan fingerprint density at radius 2 is 0.717 bits per heavy atom. The topological polar surface area (TPSA) is 329 Å². The zero-order chi connectivity index (χ0) is 67.4. The van der Waals surface area contributed by atoms with Crippen molar-refractivity contribution in [3.05, 3.63) is 35.4 Å². The molecule has 0 aromatic heterocycles. The van der Waals surface area contributed by atoms with Crippen LogP contribution in [0.15, 0.2) is 24.3 Å². The van der Waals surface area contributed by atoms with Crippen LogP contribution in [0.5, 0.6) is 0 Å². The summed E-state index contributed by atoms with van der Waals surface area (Å²) in [6, 6.07) is 4.27. The van der Waals surface area contributed by atoms with Gasteiger partial charge < -0.3 is 71.1 Å². The number of rotatable bonds is 38. The van der Waals surface area contributed by atoms with Gasteiger partial charge in [-0.05, 0) is 24.3 Å². The standard InChI is InChI=1S/C64H93NO26S/c1-11-12-13-14-15-16-17-18-19-20-21-22-23-24-25-28-32-92-33-31-77-62-51(65-60(75)46-29-26-27-30-47(46)61(65)76)55(82-41(6)70)52(48(87-62)34-78-37(2)66)90-63-59(86-45(10)74)57(84-43(8)72)54(50(89-63)36-80-39(4)68)91-64-58(85-44(9)73)56(83-42(7)71)53(81-40(5)69)49(88-64)35-79-38(3)67/h26-27,29-30,48-59,62-64H,11-25,28,31-36H2,1-10H3/t48-,49-,50-,51+,52-,53+,54+,55-,56+,57+,58-,59-,62+,63+,64+/m1/s1. The number of amides is 2. The molecule has 92 heavy (non-hydrogen) atoms. The van der Waals surface area contributed by atoms with Crippen molar-refractivity contribution < 1.29 is 124 Å². The third-order valence-corrected chi connectivity index (χ3v) is 16.4. The van der Waals surface area contributed by atoms with Gasteiger partial charge >= 0.3 is 53.7 Å². The van der Waals surface area contributed by atoms with Crippen LogP contribution in [-0.4, -0.2) is 200 Å². The summed E-state index contributed by atoms with van der Waals surface area (Å²) >= 11 is 1.61. The first kappa shape index (κ1) is 76.4. The maximum Gasteiger partial charge on any atom is 0.303 e. The van der Waals surface area contributed by atoms with Crippen molar-refractivity contribution in [1.82, 2.24) is 4.90 Å². The van der Waals surface area contributed by atoms with Gasteiger partial charge in [0.1, 0.15) is 56.4 Å². The molecule has 0 spiro atoms. The van der Waals surface area contributed by atoms with Crippen molar-refractivity contribution in [1.29, 1.82) is 0 Å². The molecular weight excluding hydrogens is 1230 g/mol. The molecule has 15 atom stereocenters. The van der Waals surface area contributed by atoms with Crippen LogP contribution in [0.2, 0.25) is 0 Å². The number of benzene rings is 1. The fourth-order valence-electron chi connectivity index (χ4n) is 11.4. The number of nitrogens with zero attached hydrogens (tertiary/aromatic N) is 1. The molecule has 4 heterocycles. The van der Waals surface area contributed by atoms with Crippen LogP contribution in [0.25, 0.3) is 0 Å². The number of ether oxygens (including phenoxy) is 15. The molecule has 1 aromatic carbocycles. The summed E-state index contributed by atoms with van der Waals surface area (Å²) < 4.78 is 89.6. The highest BCUT2D eigenvalue weighted by Gasteiger charge is 2.61. The van der Waals surface area contributed by atoms with E-state index in [1.54, 1.807) is 23.9 Å². The molecule has 0 saturated carbocycles. The van der Waals surface area contributed by atoms with Crippen LogP contribution in [0.4, 0.5) is 0 Å². The molecule has 28 heteroatoms. The van der Waals surface area contributed by atoms with Gasteiger partial charge in [0.25, 0.3) is 11.8 Å². The number of fused-ring (bicyclic) bond motifs is 1. The Labute approximate surface area is 541 Å². The molecule has 3 fully saturated rings. The van der Waals surface area contributed by atoms with Gasteiger partial charge in [-0.25, -0.2) is 0 Å². The Morgan fingerprint density at radius 1 is 0.391 bits per heavy atom. The maximum atomic E-state index is 14.6. The maximum absolute atomic E-state index is 14.6. The van der Waals surface area contributed by atoms with Gasteiger partial charge in [-0.3, -0.25) is 57.6 Å². The fraction of sp³-hybridized carbons (Fsp3) is 0.734. The zero-order valence-electron chi connectivity index (χ0n) is 54.5. The highest BCUT2D eigenvalue weighted by Crippen LogP contribution is 2.40. The minimum absolute atomic E-state index is 0.00235. The summed E-state index contributed by atoms with van der Waals surface area (Å²) in [5, 5.41) is 0. The number of carbonyl (C=O) groups excluding carboxylic acids is 11.